The molecule has 0 heterocycles. The molecule has 0 aromatic heterocycles. The molecule has 5 heteroatoms. The number of rotatable bonds is 4. The predicted molar refractivity (Wildman–Crippen MR) is 72.6 cm³/mol. The molecule has 0 spiro atoms. The van der Waals surface area contributed by atoms with Crippen LogP contribution in [0.5, 0.6) is 0 Å². The monoisotopic (exact) mass is 253 g/mol. The van der Waals surface area contributed by atoms with Gasteiger partial charge in [0, 0.05) is 6.54 Å². The molecule has 1 aromatic rings. The van der Waals surface area contributed by atoms with Crippen molar-refractivity contribution in [2.24, 2.45) is 5.10 Å². The third-order valence-corrected chi connectivity index (χ3v) is 2.38. The average molecular weight is 253 g/mol. The second-order valence-electron chi connectivity index (χ2n) is 3.39. The molecule has 1 rings (SSSR count). The molecular weight excluding hydrogens is 237 g/mol. The molecule has 0 fully saturated rings. The third kappa shape index (κ3) is 4.48. The molecule has 0 saturated carbocycles. The summed E-state index contributed by atoms with van der Waals surface area (Å²) >= 11 is 5.00. The SMILES string of the molecule is CCNC(=S)N/N=C(/CC)c1ccc(F)cc1. The molecule has 2 N–H and O–H groups in total. The van der Waals surface area contributed by atoms with Gasteiger partial charge in [0.05, 0.1) is 5.71 Å². The quantitative estimate of drug-likeness (QED) is 0.491. The fraction of sp³-hybridized carbons (Fsp3) is 0.333. The van der Waals surface area contributed by atoms with E-state index in [9.17, 15) is 4.39 Å². The van der Waals surface area contributed by atoms with Gasteiger partial charge in [0.2, 0.25) is 0 Å². The summed E-state index contributed by atoms with van der Waals surface area (Å²) in [6, 6.07) is 6.25. The number of nitrogens with zero attached hydrogens (tertiary/aromatic N) is 1. The first-order chi connectivity index (χ1) is 8.17. The standard InChI is InChI=1S/C12H16FN3S/c1-3-11(15-16-12(17)14-4-2)9-5-7-10(13)8-6-9/h5-8H,3-4H2,1-2H3,(H2,14,16,17)/b15-11-. The van der Waals surface area contributed by atoms with Crippen molar-refractivity contribution in [3.8, 4) is 0 Å². The predicted octanol–water partition coefficient (Wildman–Crippen LogP) is 2.42. The molecule has 0 aliphatic carbocycles. The van der Waals surface area contributed by atoms with Crippen molar-refractivity contribution in [2.75, 3.05) is 6.54 Å². The number of nitrogens with one attached hydrogen (secondary N) is 2. The van der Waals surface area contributed by atoms with Crippen LogP contribution in [0.25, 0.3) is 0 Å². The molecule has 0 aliphatic rings. The summed E-state index contributed by atoms with van der Waals surface area (Å²) in [7, 11) is 0. The number of hydrazone groups is 1. The minimum absolute atomic E-state index is 0.250. The van der Waals surface area contributed by atoms with Crippen LogP contribution < -0.4 is 10.7 Å². The lowest BCUT2D eigenvalue weighted by Gasteiger charge is -2.07. The van der Waals surface area contributed by atoms with Gasteiger partial charge < -0.3 is 5.32 Å². The van der Waals surface area contributed by atoms with Gasteiger partial charge in [0.15, 0.2) is 5.11 Å². The summed E-state index contributed by atoms with van der Waals surface area (Å²) in [6.45, 7) is 4.69. The van der Waals surface area contributed by atoms with Crippen LogP contribution in [0, 0.1) is 5.82 Å². The molecule has 0 amide bonds. The van der Waals surface area contributed by atoms with Crippen LogP contribution in [-0.2, 0) is 0 Å². The van der Waals surface area contributed by atoms with E-state index >= 15 is 0 Å². The number of halogens is 1. The Balaban J connectivity index is 2.73. The Bertz CT molecular complexity index is 401. The molecule has 0 radical (unpaired) electrons. The summed E-state index contributed by atoms with van der Waals surface area (Å²) in [5.41, 5.74) is 4.49. The average Bonchev–Trinajstić information content (AvgIpc) is 2.32. The Morgan fingerprint density at radius 1 is 1.29 bits per heavy atom. The van der Waals surface area contributed by atoms with Crippen LogP contribution in [0.15, 0.2) is 29.4 Å². The summed E-state index contributed by atoms with van der Waals surface area (Å²) in [4.78, 5) is 0. The van der Waals surface area contributed by atoms with Crippen LogP contribution in [-0.4, -0.2) is 17.4 Å². The summed E-state index contributed by atoms with van der Waals surface area (Å²) in [6.07, 6.45) is 0.743. The first-order valence-corrected chi connectivity index (χ1v) is 5.94. The van der Waals surface area contributed by atoms with Crippen molar-refractivity contribution in [3.63, 3.8) is 0 Å². The maximum Gasteiger partial charge on any atom is 0.186 e. The Hall–Kier alpha value is -1.49. The largest absolute Gasteiger partial charge is 0.362 e. The number of hydrogen-bond acceptors (Lipinski definition) is 2. The van der Waals surface area contributed by atoms with E-state index in [4.69, 9.17) is 12.2 Å². The van der Waals surface area contributed by atoms with E-state index in [-0.39, 0.29) is 5.82 Å². The smallest absolute Gasteiger partial charge is 0.186 e. The van der Waals surface area contributed by atoms with E-state index < -0.39 is 0 Å². The lowest BCUT2D eigenvalue weighted by atomic mass is 10.1. The van der Waals surface area contributed by atoms with Gasteiger partial charge in [-0.05, 0) is 43.3 Å². The van der Waals surface area contributed by atoms with Crippen molar-refractivity contribution in [3.05, 3.63) is 35.6 Å². The van der Waals surface area contributed by atoms with Gasteiger partial charge in [0.1, 0.15) is 5.82 Å². The Kier molecular flexibility index (Phi) is 5.56. The van der Waals surface area contributed by atoms with Crippen LogP contribution in [0.3, 0.4) is 0 Å². The van der Waals surface area contributed by atoms with Gasteiger partial charge in [-0.1, -0.05) is 19.1 Å². The fourth-order valence-electron chi connectivity index (χ4n) is 1.31. The first-order valence-electron chi connectivity index (χ1n) is 5.53. The van der Waals surface area contributed by atoms with Crippen molar-refractivity contribution in [2.45, 2.75) is 20.3 Å². The second kappa shape index (κ2) is 6.96. The molecule has 0 atom stereocenters. The minimum Gasteiger partial charge on any atom is -0.362 e. The Labute approximate surface area is 106 Å². The molecule has 0 aliphatic heterocycles. The molecule has 92 valence electrons. The Morgan fingerprint density at radius 3 is 2.47 bits per heavy atom. The Morgan fingerprint density at radius 2 is 1.94 bits per heavy atom. The van der Waals surface area contributed by atoms with Crippen LogP contribution >= 0.6 is 12.2 Å². The van der Waals surface area contributed by atoms with Crippen LogP contribution in [0.2, 0.25) is 0 Å². The van der Waals surface area contributed by atoms with E-state index in [2.05, 4.69) is 15.8 Å². The topological polar surface area (TPSA) is 36.4 Å². The van der Waals surface area contributed by atoms with Crippen LogP contribution in [0.4, 0.5) is 4.39 Å². The molecule has 0 unspecified atom stereocenters. The summed E-state index contributed by atoms with van der Waals surface area (Å²) in [5.74, 6) is -0.250. The zero-order chi connectivity index (χ0) is 12.7. The van der Waals surface area contributed by atoms with E-state index in [1.807, 2.05) is 13.8 Å². The lowest BCUT2D eigenvalue weighted by Crippen LogP contribution is -2.32. The normalized spacial score (nSPS) is 11.1. The molecule has 17 heavy (non-hydrogen) atoms. The maximum atomic E-state index is 12.8. The maximum absolute atomic E-state index is 12.8. The highest BCUT2D eigenvalue weighted by Gasteiger charge is 2.01. The van der Waals surface area contributed by atoms with Crippen molar-refractivity contribution in [1.82, 2.24) is 10.7 Å². The zero-order valence-corrected chi connectivity index (χ0v) is 10.8. The molecule has 0 bridgehead atoms. The van der Waals surface area contributed by atoms with Gasteiger partial charge in [-0.25, -0.2) is 4.39 Å². The van der Waals surface area contributed by atoms with E-state index in [0.29, 0.717) is 5.11 Å². The van der Waals surface area contributed by atoms with Crippen molar-refractivity contribution >= 4 is 23.0 Å². The number of benzene rings is 1. The lowest BCUT2D eigenvalue weighted by molar-refractivity contribution is 0.627. The minimum atomic E-state index is -0.250. The van der Waals surface area contributed by atoms with E-state index in [1.165, 1.54) is 12.1 Å². The highest BCUT2D eigenvalue weighted by atomic mass is 32.1. The zero-order valence-electron chi connectivity index (χ0n) is 9.96. The van der Waals surface area contributed by atoms with E-state index in [1.54, 1.807) is 12.1 Å². The first kappa shape index (κ1) is 13.6. The second-order valence-corrected chi connectivity index (χ2v) is 3.80. The van der Waals surface area contributed by atoms with Gasteiger partial charge in [-0.2, -0.15) is 5.10 Å². The number of hydrogen-bond donors (Lipinski definition) is 2. The van der Waals surface area contributed by atoms with Crippen molar-refractivity contribution in [1.29, 1.82) is 0 Å². The van der Waals surface area contributed by atoms with Gasteiger partial charge >= 0.3 is 0 Å². The molecule has 1 aromatic carbocycles. The van der Waals surface area contributed by atoms with E-state index in [0.717, 1.165) is 24.2 Å². The molecule has 3 nitrogen and oxygen atoms in total. The molecule has 0 saturated heterocycles. The highest BCUT2D eigenvalue weighted by Crippen LogP contribution is 2.06. The highest BCUT2D eigenvalue weighted by molar-refractivity contribution is 7.80. The van der Waals surface area contributed by atoms with Gasteiger partial charge in [-0.3, -0.25) is 5.43 Å². The van der Waals surface area contributed by atoms with Crippen molar-refractivity contribution < 1.29 is 4.39 Å². The fourth-order valence-corrected chi connectivity index (χ4v) is 1.50. The van der Waals surface area contributed by atoms with Gasteiger partial charge in [-0.15, -0.1) is 0 Å². The third-order valence-electron chi connectivity index (χ3n) is 2.14. The number of thiocarbonyl (C=S) groups is 1. The molecular formula is C12H16FN3S. The van der Waals surface area contributed by atoms with Crippen LogP contribution in [0.1, 0.15) is 25.8 Å². The summed E-state index contributed by atoms with van der Waals surface area (Å²) < 4.78 is 12.8. The van der Waals surface area contributed by atoms with Gasteiger partial charge in [0.25, 0.3) is 0 Å². The summed E-state index contributed by atoms with van der Waals surface area (Å²) in [5, 5.41) is 7.63.